The monoisotopic (exact) mass is 803 g/mol. The van der Waals surface area contributed by atoms with Crippen molar-refractivity contribution in [1.82, 2.24) is 0 Å². The molecular formula is C61H57N. The Kier molecular flexibility index (Phi) is 7.75. The maximum absolute atomic E-state index is 2.72. The summed E-state index contributed by atoms with van der Waals surface area (Å²) >= 11 is 0. The number of hydrogen-bond donors (Lipinski definition) is 0. The van der Waals surface area contributed by atoms with Crippen molar-refractivity contribution < 1.29 is 0 Å². The molecule has 8 aliphatic carbocycles. The van der Waals surface area contributed by atoms with E-state index in [9.17, 15) is 0 Å². The molecule has 7 aromatic carbocycles. The van der Waals surface area contributed by atoms with Crippen molar-refractivity contribution in [3.63, 3.8) is 0 Å². The smallest absolute Gasteiger partial charge is 0.0543 e. The van der Waals surface area contributed by atoms with Crippen LogP contribution in [-0.4, -0.2) is 0 Å². The van der Waals surface area contributed by atoms with Gasteiger partial charge in [-0.3, -0.25) is 0 Å². The molecule has 0 aromatic heterocycles. The first-order valence-corrected chi connectivity index (χ1v) is 24.5. The summed E-state index contributed by atoms with van der Waals surface area (Å²) in [7, 11) is 0. The molecule has 0 radical (unpaired) electrons. The van der Waals surface area contributed by atoms with Crippen LogP contribution in [0.3, 0.4) is 0 Å². The molecule has 0 amide bonds. The fourth-order valence-corrected chi connectivity index (χ4v) is 16.7. The highest BCUT2D eigenvalue weighted by Crippen LogP contribution is 2.70. The van der Waals surface area contributed by atoms with Crippen molar-refractivity contribution in [3.05, 3.63) is 174 Å². The number of fused-ring (bicyclic) bond motifs is 12. The lowest BCUT2D eigenvalue weighted by Crippen LogP contribution is -2.55. The van der Waals surface area contributed by atoms with Crippen LogP contribution in [0.1, 0.15) is 99.8 Å². The Morgan fingerprint density at radius 3 is 1.94 bits per heavy atom. The van der Waals surface area contributed by atoms with Crippen LogP contribution in [0.25, 0.3) is 44.2 Å². The molecule has 1 nitrogen and oxygen atoms in total. The molecule has 15 rings (SSSR count). The zero-order chi connectivity index (χ0) is 40.7. The fourth-order valence-electron chi connectivity index (χ4n) is 16.7. The zero-order valence-corrected chi connectivity index (χ0v) is 36.2. The first-order valence-electron chi connectivity index (χ1n) is 24.5. The SMILES string of the molecule is CCC1CC2CCCC(C2)C12c1ccccc1-c1c(N(c3cccc(-c4ccc5ccccc5c4)c3)c3ccc4c(c3)C3(c5ccccc5-4)C4CC5CC(C4)CC3C5)cccc12. The summed E-state index contributed by atoms with van der Waals surface area (Å²) in [6.07, 6.45) is 15.2. The molecule has 2 spiro atoms. The molecule has 4 unspecified atom stereocenters. The van der Waals surface area contributed by atoms with Crippen molar-refractivity contribution in [2.24, 2.45) is 41.4 Å². The Morgan fingerprint density at radius 2 is 1.11 bits per heavy atom. The van der Waals surface area contributed by atoms with Gasteiger partial charge in [-0.05, 0) is 190 Å². The summed E-state index contributed by atoms with van der Waals surface area (Å²) in [6.45, 7) is 2.49. The van der Waals surface area contributed by atoms with Crippen LogP contribution < -0.4 is 4.90 Å². The van der Waals surface area contributed by atoms with E-state index in [1.54, 1.807) is 22.3 Å². The lowest BCUT2D eigenvalue weighted by atomic mass is 9.43. The van der Waals surface area contributed by atoms with Gasteiger partial charge in [-0.1, -0.05) is 141 Å². The minimum Gasteiger partial charge on any atom is -0.310 e. The second-order valence-electron chi connectivity index (χ2n) is 21.1. The van der Waals surface area contributed by atoms with Crippen molar-refractivity contribution in [1.29, 1.82) is 0 Å². The molecule has 0 heterocycles. The quantitative estimate of drug-likeness (QED) is 0.168. The number of benzene rings is 7. The zero-order valence-electron chi connectivity index (χ0n) is 36.2. The van der Waals surface area contributed by atoms with Gasteiger partial charge in [-0.25, -0.2) is 0 Å². The minimum absolute atomic E-state index is 0.0657. The molecule has 4 atom stereocenters. The second kappa shape index (κ2) is 13.3. The Labute approximate surface area is 368 Å². The lowest BCUT2D eigenvalue weighted by Gasteiger charge is -2.61. The highest BCUT2D eigenvalue weighted by atomic mass is 15.1. The second-order valence-corrected chi connectivity index (χ2v) is 21.1. The Balaban J connectivity index is 1.01. The van der Waals surface area contributed by atoms with Gasteiger partial charge in [0.05, 0.1) is 5.69 Å². The lowest BCUT2D eigenvalue weighted by molar-refractivity contribution is -0.0399. The predicted molar refractivity (Wildman–Crippen MR) is 257 cm³/mol. The first-order chi connectivity index (χ1) is 30.6. The Bertz CT molecular complexity index is 2920. The van der Waals surface area contributed by atoms with Gasteiger partial charge < -0.3 is 4.90 Å². The highest BCUT2D eigenvalue weighted by Gasteiger charge is 2.62. The van der Waals surface area contributed by atoms with Crippen LogP contribution >= 0.6 is 0 Å². The summed E-state index contributed by atoms with van der Waals surface area (Å²) in [4.78, 5) is 2.71. The van der Waals surface area contributed by atoms with Crippen LogP contribution in [0.4, 0.5) is 17.1 Å². The number of anilines is 3. The number of nitrogens with zero attached hydrogens (tertiary/aromatic N) is 1. The molecular weight excluding hydrogens is 747 g/mol. The van der Waals surface area contributed by atoms with E-state index in [0.717, 1.165) is 29.6 Å². The van der Waals surface area contributed by atoms with E-state index in [1.165, 1.54) is 132 Å². The van der Waals surface area contributed by atoms with Crippen molar-refractivity contribution >= 4 is 27.8 Å². The molecule has 6 bridgehead atoms. The third kappa shape index (κ3) is 4.76. The topological polar surface area (TPSA) is 3.24 Å². The maximum atomic E-state index is 2.72. The van der Waals surface area contributed by atoms with E-state index in [2.05, 4.69) is 163 Å². The molecule has 6 fully saturated rings. The third-order valence-electron chi connectivity index (χ3n) is 18.5. The molecule has 0 saturated heterocycles. The first kappa shape index (κ1) is 36.1. The molecule has 8 aliphatic rings. The molecule has 1 heteroatoms. The normalized spacial score (nSPS) is 30.4. The molecule has 62 heavy (non-hydrogen) atoms. The summed E-state index contributed by atoms with van der Waals surface area (Å²) in [6, 6.07) is 59.8. The van der Waals surface area contributed by atoms with Gasteiger partial charge in [0.2, 0.25) is 0 Å². The molecule has 306 valence electrons. The molecule has 0 aliphatic heterocycles. The van der Waals surface area contributed by atoms with E-state index in [-0.39, 0.29) is 10.8 Å². The summed E-state index contributed by atoms with van der Waals surface area (Å²) in [5.74, 6) is 5.52. The van der Waals surface area contributed by atoms with Gasteiger partial charge in [-0.15, -0.1) is 0 Å². The average Bonchev–Trinajstić information content (AvgIpc) is 3.78. The third-order valence-corrected chi connectivity index (χ3v) is 18.5. The summed E-state index contributed by atoms with van der Waals surface area (Å²) < 4.78 is 0. The fraction of sp³-hybridized carbons (Fsp3) is 0.344. The van der Waals surface area contributed by atoms with Crippen LogP contribution in [0, 0.1) is 41.4 Å². The van der Waals surface area contributed by atoms with Crippen LogP contribution in [0.2, 0.25) is 0 Å². The van der Waals surface area contributed by atoms with Crippen molar-refractivity contribution in [3.8, 4) is 33.4 Å². The average molecular weight is 804 g/mol. The summed E-state index contributed by atoms with van der Waals surface area (Å²) in [5.41, 5.74) is 19.0. The summed E-state index contributed by atoms with van der Waals surface area (Å²) in [5, 5.41) is 2.58. The largest absolute Gasteiger partial charge is 0.310 e. The molecule has 0 N–H and O–H groups in total. The molecule has 7 aromatic rings. The van der Waals surface area contributed by atoms with E-state index >= 15 is 0 Å². The standard InChI is InChI=1S/C61H57N/c1-2-45-29-38-12-9-16-46(30-38)60(45)55-21-8-6-19-53(55)59-56(60)22-11-23-58(59)62(49-17-10-15-43(36-49)44-25-24-41-13-3-4-14-42(41)35-44)50-26-27-52-51-18-5-7-20-54(51)61(57(52)37-50)47-31-39-28-40(33-47)34-48(61)32-39/h3-8,10-11,13-15,17-27,35-40,45-48H,2,9,12,16,28-34H2,1H3. The van der Waals surface area contributed by atoms with E-state index < -0.39 is 0 Å². The van der Waals surface area contributed by atoms with Gasteiger partial charge in [-0.2, -0.15) is 0 Å². The maximum Gasteiger partial charge on any atom is 0.0543 e. The van der Waals surface area contributed by atoms with E-state index in [1.807, 2.05) is 0 Å². The van der Waals surface area contributed by atoms with Gasteiger partial charge >= 0.3 is 0 Å². The van der Waals surface area contributed by atoms with Gasteiger partial charge in [0.1, 0.15) is 0 Å². The predicted octanol–water partition coefficient (Wildman–Crippen LogP) is 16.2. The number of hydrogen-bond acceptors (Lipinski definition) is 1. The highest BCUT2D eigenvalue weighted by molar-refractivity contribution is 5.97. The Hall–Kier alpha value is -5.40. The van der Waals surface area contributed by atoms with Gasteiger partial charge in [0.25, 0.3) is 0 Å². The van der Waals surface area contributed by atoms with E-state index in [4.69, 9.17) is 0 Å². The van der Waals surface area contributed by atoms with E-state index in [0.29, 0.717) is 11.8 Å². The Morgan fingerprint density at radius 1 is 0.452 bits per heavy atom. The van der Waals surface area contributed by atoms with Crippen molar-refractivity contribution in [2.75, 3.05) is 4.90 Å². The van der Waals surface area contributed by atoms with Crippen LogP contribution in [0.5, 0.6) is 0 Å². The van der Waals surface area contributed by atoms with Crippen LogP contribution in [-0.2, 0) is 10.8 Å². The van der Waals surface area contributed by atoms with Gasteiger partial charge in [0, 0.05) is 27.8 Å². The minimum atomic E-state index is 0.0657. The van der Waals surface area contributed by atoms with Crippen molar-refractivity contribution in [2.45, 2.75) is 88.4 Å². The van der Waals surface area contributed by atoms with Crippen LogP contribution in [0.15, 0.2) is 152 Å². The molecule has 6 saturated carbocycles. The van der Waals surface area contributed by atoms with Gasteiger partial charge in [0.15, 0.2) is 0 Å². The number of rotatable bonds is 5.